The van der Waals surface area contributed by atoms with Crippen LogP contribution in [0, 0.1) is 5.92 Å². The van der Waals surface area contributed by atoms with Gasteiger partial charge in [-0.05, 0) is 36.3 Å². The van der Waals surface area contributed by atoms with Crippen molar-refractivity contribution < 1.29 is 4.74 Å². The van der Waals surface area contributed by atoms with E-state index in [1.165, 1.54) is 24.0 Å². The number of methoxy groups -OCH3 is 1. The zero-order valence-corrected chi connectivity index (χ0v) is 10.7. The van der Waals surface area contributed by atoms with Crippen molar-refractivity contribution in [2.45, 2.75) is 24.1 Å². The lowest BCUT2D eigenvalue weighted by molar-refractivity contribution is 0.187. The molecule has 2 unspecified atom stereocenters. The Balaban J connectivity index is 1.97. The number of benzene rings is 1. The Morgan fingerprint density at radius 2 is 2.20 bits per heavy atom. The molecule has 0 aliphatic heterocycles. The van der Waals surface area contributed by atoms with E-state index in [-0.39, 0.29) is 0 Å². The van der Waals surface area contributed by atoms with Gasteiger partial charge in [0.2, 0.25) is 0 Å². The molecule has 1 aromatic rings. The highest BCUT2D eigenvalue weighted by atomic mass is 79.9. The summed E-state index contributed by atoms with van der Waals surface area (Å²) in [7, 11) is 1.77. The van der Waals surface area contributed by atoms with E-state index in [0.29, 0.717) is 4.83 Å². The van der Waals surface area contributed by atoms with E-state index >= 15 is 0 Å². The van der Waals surface area contributed by atoms with Gasteiger partial charge in [0.05, 0.1) is 0 Å². The van der Waals surface area contributed by atoms with Crippen molar-refractivity contribution in [3.63, 3.8) is 0 Å². The third kappa shape index (κ3) is 2.43. The molecule has 0 N–H and O–H groups in total. The van der Waals surface area contributed by atoms with Crippen LogP contribution in [0.5, 0.6) is 0 Å². The van der Waals surface area contributed by atoms with Crippen LogP contribution in [-0.4, -0.2) is 13.7 Å². The van der Waals surface area contributed by atoms with Gasteiger partial charge in [-0.15, -0.1) is 0 Å². The van der Waals surface area contributed by atoms with Crippen LogP contribution in [0.4, 0.5) is 0 Å². The van der Waals surface area contributed by atoms with Gasteiger partial charge < -0.3 is 4.74 Å². The second-order valence-electron chi connectivity index (χ2n) is 4.20. The van der Waals surface area contributed by atoms with Gasteiger partial charge in [0, 0.05) is 18.5 Å². The van der Waals surface area contributed by atoms with Crippen molar-refractivity contribution >= 4 is 15.9 Å². The summed E-state index contributed by atoms with van der Waals surface area (Å²) >= 11 is 3.81. The average molecular weight is 269 g/mol. The molecule has 0 radical (unpaired) electrons. The zero-order valence-electron chi connectivity index (χ0n) is 9.08. The molecule has 15 heavy (non-hydrogen) atoms. The van der Waals surface area contributed by atoms with E-state index in [1.807, 2.05) is 0 Å². The first-order valence-corrected chi connectivity index (χ1v) is 6.45. The van der Waals surface area contributed by atoms with Crippen molar-refractivity contribution in [2.75, 3.05) is 13.7 Å². The fourth-order valence-electron chi connectivity index (χ4n) is 2.37. The molecule has 0 spiro atoms. The molecule has 2 heteroatoms. The number of halogens is 1. The van der Waals surface area contributed by atoms with Crippen LogP contribution in [0.25, 0.3) is 0 Å². The lowest BCUT2D eigenvalue weighted by Crippen LogP contribution is -2.03. The van der Waals surface area contributed by atoms with Crippen LogP contribution < -0.4 is 0 Å². The monoisotopic (exact) mass is 268 g/mol. The first-order valence-electron chi connectivity index (χ1n) is 5.53. The first-order chi connectivity index (χ1) is 7.33. The molecule has 0 amide bonds. The van der Waals surface area contributed by atoms with Gasteiger partial charge in [0.15, 0.2) is 0 Å². The van der Waals surface area contributed by atoms with Crippen LogP contribution in [0.15, 0.2) is 24.3 Å². The summed E-state index contributed by atoms with van der Waals surface area (Å²) < 4.78 is 5.10. The molecule has 0 aromatic heterocycles. The van der Waals surface area contributed by atoms with Crippen molar-refractivity contribution in [3.8, 4) is 0 Å². The van der Waals surface area contributed by atoms with E-state index in [0.717, 1.165) is 18.9 Å². The normalized spacial score (nSPS) is 24.1. The molecule has 2 rings (SSSR count). The van der Waals surface area contributed by atoms with Crippen LogP contribution in [0.2, 0.25) is 0 Å². The Hall–Kier alpha value is -0.340. The van der Waals surface area contributed by atoms with E-state index < -0.39 is 0 Å². The number of ether oxygens (including phenoxy) is 1. The van der Waals surface area contributed by atoms with Crippen molar-refractivity contribution in [2.24, 2.45) is 5.92 Å². The average Bonchev–Trinajstić information content (AvgIpc) is 2.57. The Morgan fingerprint density at radius 3 is 2.93 bits per heavy atom. The van der Waals surface area contributed by atoms with E-state index in [9.17, 15) is 0 Å². The highest BCUT2D eigenvalue weighted by Crippen LogP contribution is 2.43. The quantitative estimate of drug-likeness (QED) is 0.598. The molecule has 82 valence electrons. The minimum atomic E-state index is 0.547. The number of fused-ring (bicyclic) bond motifs is 1. The standard InChI is InChI=1S/C13H17BrO/c1-15-8-4-6-11-9-10-5-2-3-7-12(10)13(11)14/h2-3,5,7,11,13H,4,6,8-9H2,1H3. The summed E-state index contributed by atoms with van der Waals surface area (Å²) in [5.74, 6) is 0.748. The summed E-state index contributed by atoms with van der Waals surface area (Å²) in [5, 5.41) is 0. The number of rotatable bonds is 4. The van der Waals surface area contributed by atoms with Gasteiger partial charge in [-0.2, -0.15) is 0 Å². The Labute approximate surface area is 100.0 Å². The predicted molar refractivity (Wildman–Crippen MR) is 66.4 cm³/mol. The molecule has 0 fully saturated rings. The maximum absolute atomic E-state index is 5.10. The first kappa shape index (κ1) is 11.2. The predicted octanol–water partition coefficient (Wildman–Crippen LogP) is 3.72. The Kier molecular flexibility index (Phi) is 3.81. The molecular weight excluding hydrogens is 252 g/mol. The minimum absolute atomic E-state index is 0.547. The van der Waals surface area contributed by atoms with E-state index in [2.05, 4.69) is 40.2 Å². The Morgan fingerprint density at radius 1 is 1.40 bits per heavy atom. The van der Waals surface area contributed by atoms with Gasteiger partial charge in [0.25, 0.3) is 0 Å². The highest BCUT2D eigenvalue weighted by molar-refractivity contribution is 9.09. The molecule has 1 aromatic carbocycles. The van der Waals surface area contributed by atoms with Gasteiger partial charge in [-0.25, -0.2) is 0 Å². The zero-order chi connectivity index (χ0) is 10.7. The molecule has 0 saturated carbocycles. The highest BCUT2D eigenvalue weighted by Gasteiger charge is 2.29. The van der Waals surface area contributed by atoms with Crippen LogP contribution >= 0.6 is 15.9 Å². The lowest BCUT2D eigenvalue weighted by atomic mass is 10.0. The molecule has 1 aliphatic rings. The van der Waals surface area contributed by atoms with Crippen LogP contribution in [0.3, 0.4) is 0 Å². The van der Waals surface area contributed by atoms with E-state index in [4.69, 9.17) is 4.74 Å². The summed E-state index contributed by atoms with van der Waals surface area (Å²) in [6.45, 7) is 0.882. The SMILES string of the molecule is COCCCC1Cc2ccccc2C1Br. The summed E-state index contributed by atoms with van der Waals surface area (Å²) in [6, 6.07) is 8.76. The van der Waals surface area contributed by atoms with Gasteiger partial charge >= 0.3 is 0 Å². The number of hydrogen-bond donors (Lipinski definition) is 0. The molecule has 0 bridgehead atoms. The number of hydrogen-bond acceptors (Lipinski definition) is 1. The fourth-order valence-corrected chi connectivity index (χ4v) is 3.27. The lowest BCUT2D eigenvalue weighted by Gasteiger charge is -2.13. The molecule has 0 saturated heterocycles. The largest absolute Gasteiger partial charge is 0.385 e. The fraction of sp³-hybridized carbons (Fsp3) is 0.538. The summed E-state index contributed by atoms with van der Waals surface area (Å²) in [6.07, 6.45) is 3.63. The van der Waals surface area contributed by atoms with Crippen LogP contribution in [-0.2, 0) is 11.2 Å². The summed E-state index contributed by atoms with van der Waals surface area (Å²) in [5.41, 5.74) is 3.00. The maximum atomic E-state index is 5.10. The number of alkyl halides is 1. The van der Waals surface area contributed by atoms with Crippen molar-refractivity contribution in [1.29, 1.82) is 0 Å². The van der Waals surface area contributed by atoms with Crippen molar-refractivity contribution in [3.05, 3.63) is 35.4 Å². The molecule has 1 aliphatic carbocycles. The smallest absolute Gasteiger partial charge is 0.0462 e. The van der Waals surface area contributed by atoms with Gasteiger partial charge in [0.1, 0.15) is 0 Å². The summed E-state index contributed by atoms with van der Waals surface area (Å²) in [4.78, 5) is 0.547. The second-order valence-corrected chi connectivity index (χ2v) is 5.19. The third-order valence-corrected chi connectivity index (χ3v) is 4.41. The van der Waals surface area contributed by atoms with Crippen molar-refractivity contribution in [1.82, 2.24) is 0 Å². The molecular formula is C13H17BrO. The Bertz CT molecular complexity index is 324. The van der Waals surface area contributed by atoms with Crippen LogP contribution in [0.1, 0.15) is 28.8 Å². The maximum Gasteiger partial charge on any atom is 0.0462 e. The molecule has 2 atom stereocenters. The topological polar surface area (TPSA) is 9.23 Å². The molecule has 1 nitrogen and oxygen atoms in total. The minimum Gasteiger partial charge on any atom is -0.385 e. The third-order valence-electron chi connectivity index (χ3n) is 3.17. The van der Waals surface area contributed by atoms with Gasteiger partial charge in [-0.3, -0.25) is 0 Å². The van der Waals surface area contributed by atoms with Gasteiger partial charge in [-0.1, -0.05) is 40.2 Å². The second kappa shape index (κ2) is 5.13. The molecule has 0 heterocycles. The van der Waals surface area contributed by atoms with E-state index in [1.54, 1.807) is 7.11 Å².